The van der Waals surface area contributed by atoms with Crippen LogP contribution in [0.4, 0.5) is 0 Å². The molecule has 2 aromatic rings. The van der Waals surface area contributed by atoms with Gasteiger partial charge < -0.3 is 15.0 Å². The largest absolute Gasteiger partial charge is 0.491 e. The third kappa shape index (κ3) is 5.85. The third-order valence-electron chi connectivity index (χ3n) is 5.74. The summed E-state index contributed by atoms with van der Waals surface area (Å²) in [7, 11) is 0. The Kier molecular flexibility index (Phi) is 6.67. The van der Waals surface area contributed by atoms with Gasteiger partial charge in [-0.25, -0.2) is 0 Å². The molecule has 0 aromatic heterocycles. The van der Waals surface area contributed by atoms with Crippen molar-refractivity contribution in [3.63, 3.8) is 0 Å². The number of amides is 2. The number of carbonyl (C=O) groups excluding carboxylic acids is 2. The van der Waals surface area contributed by atoms with Gasteiger partial charge in [0.15, 0.2) is 0 Å². The van der Waals surface area contributed by atoms with Gasteiger partial charge in [-0.1, -0.05) is 42.5 Å². The zero-order valence-corrected chi connectivity index (χ0v) is 17.4. The monoisotopic (exact) mass is 406 g/mol. The SMILES string of the molecule is O=C(CCc1ccc2c(c1)CN(C(=O)CCCc1ccccc1)CCO2)NC1CC1. The summed E-state index contributed by atoms with van der Waals surface area (Å²) in [5.41, 5.74) is 3.41. The summed E-state index contributed by atoms with van der Waals surface area (Å²) in [6.45, 7) is 1.69. The van der Waals surface area contributed by atoms with Crippen molar-refractivity contribution in [3.05, 3.63) is 65.2 Å². The molecule has 1 aliphatic heterocycles. The summed E-state index contributed by atoms with van der Waals surface area (Å²) in [6, 6.07) is 16.8. The van der Waals surface area contributed by atoms with E-state index in [-0.39, 0.29) is 11.8 Å². The lowest BCUT2D eigenvalue weighted by atomic mass is 10.0. The number of fused-ring (bicyclic) bond motifs is 1. The molecule has 0 unspecified atom stereocenters. The Labute approximate surface area is 178 Å². The van der Waals surface area contributed by atoms with Crippen LogP contribution >= 0.6 is 0 Å². The van der Waals surface area contributed by atoms with Crippen molar-refractivity contribution >= 4 is 11.8 Å². The van der Waals surface area contributed by atoms with Crippen molar-refractivity contribution in [3.8, 4) is 5.75 Å². The van der Waals surface area contributed by atoms with Gasteiger partial charge in [-0.05, 0) is 49.3 Å². The van der Waals surface area contributed by atoms with Gasteiger partial charge in [-0.15, -0.1) is 0 Å². The minimum Gasteiger partial charge on any atom is -0.491 e. The molecule has 1 saturated carbocycles. The predicted octanol–water partition coefficient (Wildman–Crippen LogP) is 3.64. The van der Waals surface area contributed by atoms with E-state index in [9.17, 15) is 9.59 Å². The number of nitrogens with zero attached hydrogens (tertiary/aromatic N) is 1. The molecule has 30 heavy (non-hydrogen) atoms. The van der Waals surface area contributed by atoms with Gasteiger partial charge in [0.2, 0.25) is 11.8 Å². The highest BCUT2D eigenvalue weighted by Gasteiger charge is 2.23. The number of benzene rings is 2. The van der Waals surface area contributed by atoms with E-state index in [1.54, 1.807) is 0 Å². The topological polar surface area (TPSA) is 58.6 Å². The predicted molar refractivity (Wildman–Crippen MR) is 116 cm³/mol. The van der Waals surface area contributed by atoms with Crippen molar-refractivity contribution in [2.45, 2.75) is 57.5 Å². The van der Waals surface area contributed by atoms with Crippen LogP contribution in [0.1, 0.15) is 48.8 Å². The number of carbonyl (C=O) groups is 2. The lowest BCUT2D eigenvalue weighted by molar-refractivity contribution is -0.132. The molecule has 1 fully saturated rings. The highest BCUT2D eigenvalue weighted by atomic mass is 16.5. The average molecular weight is 407 g/mol. The number of hydrogen-bond acceptors (Lipinski definition) is 3. The zero-order valence-electron chi connectivity index (χ0n) is 17.4. The molecule has 4 rings (SSSR count). The van der Waals surface area contributed by atoms with Gasteiger partial charge in [-0.2, -0.15) is 0 Å². The summed E-state index contributed by atoms with van der Waals surface area (Å²) in [4.78, 5) is 26.6. The van der Waals surface area contributed by atoms with Crippen LogP contribution in [-0.2, 0) is 29.0 Å². The van der Waals surface area contributed by atoms with Crippen LogP contribution in [0, 0.1) is 0 Å². The molecule has 2 amide bonds. The molecule has 0 atom stereocenters. The summed E-state index contributed by atoms with van der Waals surface area (Å²) in [5, 5.41) is 3.03. The first kappa shape index (κ1) is 20.5. The smallest absolute Gasteiger partial charge is 0.222 e. The number of aryl methyl sites for hydroxylation is 2. The first-order valence-electron chi connectivity index (χ1n) is 11.0. The van der Waals surface area contributed by atoms with Gasteiger partial charge in [-0.3, -0.25) is 9.59 Å². The van der Waals surface area contributed by atoms with Crippen LogP contribution in [0.5, 0.6) is 5.75 Å². The summed E-state index contributed by atoms with van der Waals surface area (Å²) >= 11 is 0. The van der Waals surface area contributed by atoms with E-state index in [4.69, 9.17) is 4.74 Å². The van der Waals surface area contributed by atoms with Gasteiger partial charge >= 0.3 is 0 Å². The van der Waals surface area contributed by atoms with E-state index >= 15 is 0 Å². The Balaban J connectivity index is 1.30. The van der Waals surface area contributed by atoms with E-state index in [0.717, 1.165) is 42.6 Å². The Bertz CT molecular complexity index is 877. The Morgan fingerprint density at radius 1 is 1.00 bits per heavy atom. The quantitative estimate of drug-likeness (QED) is 0.728. The van der Waals surface area contributed by atoms with Crippen LogP contribution in [-0.4, -0.2) is 35.9 Å². The Morgan fingerprint density at radius 3 is 2.63 bits per heavy atom. The molecule has 5 heteroatoms. The van der Waals surface area contributed by atoms with Gasteiger partial charge in [0, 0.05) is 31.0 Å². The maximum absolute atomic E-state index is 12.8. The maximum atomic E-state index is 12.8. The lowest BCUT2D eigenvalue weighted by Gasteiger charge is -2.20. The summed E-state index contributed by atoms with van der Waals surface area (Å²) in [6.07, 6.45) is 5.73. The van der Waals surface area contributed by atoms with E-state index in [0.29, 0.717) is 45.0 Å². The molecule has 1 N–H and O–H groups in total. The molecule has 0 saturated heterocycles. The van der Waals surface area contributed by atoms with Crippen LogP contribution in [0.2, 0.25) is 0 Å². The Hall–Kier alpha value is -2.82. The third-order valence-corrected chi connectivity index (χ3v) is 5.74. The van der Waals surface area contributed by atoms with E-state index in [1.807, 2.05) is 35.2 Å². The van der Waals surface area contributed by atoms with E-state index < -0.39 is 0 Å². The standard InChI is InChI=1S/C25H30N2O3/c28-24(26-22-11-12-22)14-10-20-9-13-23-21(17-20)18-27(15-16-30-23)25(29)8-4-7-19-5-2-1-3-6-19/h1-3,5-6,9,13,17,22H,4,7-8,10-12,14-16,18H2,(H,26,28). The normalized spacial score (nSPS) is 15.7. The molecule has 2 aromatic carbocycles. The van der Waals surface area contributed by atoms with Gasteiger partial charge in [0.25, 0.3) is 0 Å². The molecular weight excluding hydrogens is 376 g/mol. The van der Waals surface area contributed by atoms with Gasteiger partial charge in [0.1, 0.15) is 12.4 Å². The van der Waals surface area contributed by atoms with Crippen molar-refractivity contribution in [2.24, 2.45) is 0 Å². The molecule has 5 nitrogen and oxygen atoms in total. The molecule has 158 valence electrons. The van der Waals surface area contributed by atoms with Crippen LogP contribution in [0.15, 0.2) is 48.5 Å². The van der Waals surface area contributed by atoms with E-state index in [2.05, 4.69) is 23.5 Å². The molecule has 0 radical (unpaired) electrons. The number of ether oxygens (including phenoxy) is 1. The number of nitrogens with one attached hydrogen (secondary N) is 1. The van der Waals surface area contributed by atoms with Crippen molar-refractivity contribution in [1.29, 1.82) is 0 Å². The molecule has 0 spiro atoms. The molecule has 1 heterocycles. The second kappa shape index (κ2) is 9.79. The minimum atomic E-state index is 0.124. The molecule has 2 aliphatic rings. The van der Waals surface area contributed by atoms with Crippen LogP contribution < -0.4 is 10.1 Å². The first-order valence-corrected chi connectivity index (χ1v) is 11.0. The summed E-state index contributed by atoms with van der Waals surface area (Å²) in [5.74, 6) is 1.15. The maximum Gasteiger partial charge on any atom is 0.222 e. The molecular formula is C25H30N2O3. The zero-order chi connectivity index (χ0) is 20.8. The Morgan fingerprint density at radius 2 is 1.83 bits per heavy atom. The minimum absolute atomic E-state index is 0.124. The van der Waals surface area contributed by atoms with Crippen LogP contribution in [0.3, 0.4) is 0 Å². The fraction of sp³-hybridized carbons (Fsp3) is 0.440. The highest BCUT2D eigenvalue weighted by Crippen LogP contribution is 2.26. The highest BCUT2D eigenvalue weighted by molar-refractivity contribution is 5.77. The van der Waals surface area contributed by atoms with Crippen LogP contribution in [0.25, 0.3) is 0 Å². The summed E-state index contributed by atoms with van der Waals surface area (Å²) < 4.78 is 5.87. The number of rotatable bonds is 8. The fourth-order valence-corrected chi connectivity index (χ4v) is 3.85. The fourth-order valence-electron chi connectivity index (χ4n) is 3.85. The molecule has 1 aliphatic carbocycles. The second-order valence-corrected chi connectivity index (χ2v) is 8.29. The van der Waals surface area contributed by atoms with Crippen molar-refractivity contribution in [1.82, 2.24) is 10.2 Å². The van der Waals surface area contributed by atoms with Crippen molar-refractivity contribution in [2.75, 3.05) is 13.2 Å². The average Bonchev–Trinajstić information content (AvgIpc) is 3.59. The second-order valence-electron chi connectivity index (χ2n) is 8.29. The lowest BCUT2D eigenvalue weighted by Crippen LogP contribution is -2.32. The number of hydrogen-bond donors (Lipinski definition) is 1. The molecule has 0 bridgehead atoms. The van der Waals surface area contributed by atoms with E-state index in [1.165, 1.54) is 5.56 Å². The van der Waals surface area contributed by atoms with Crippen molar-refractivity contribution < 1.29 is 14.3 Å². The first-order chi connectivity index (χ1) is 14.7. The van der Waals surface area contributed by atoms with Gasteiger partial charge in [0.05, 0.1) is 6.54 Å².